The Bertz CT molecular complexity index is 316. The molecule has 1 aliphatic carbocycles. The molecule has 18 heavy (non-hydrogen) atoms. The summed E-state index contributed by atoms with van der Waals surface area (Å²) in [6.45, 7) is 8.13. The SMILES string of the molecule is CCC1CCC(N2CCC(C(=O)O)(C(C)C)C2)C1. The van der Waals surface area contributed by atoms with E-state index in [-0.39, 0.29) is 5.92 Å². The van der Waals surface area contributed by atoms with Crippen LogP contribution >= 0.6 is 0 Å². The lowest BCUT2D eigenvalue weighted by Crippen LogP contribution is -2.41. The van der Waals surface area contributed by atoms with E-state index in [1.165, 1.54) is 25.7 Å². The van der Waals surface area contributed by atoms with Gasteiger partial charge in [-0.05, 0) is 44.1 Å². The van der Waals surface area contributed by atoms with Gasteiger partial charge in [-0.1, -0.05) is 27.2 Å². The van der Waals surface area contributed by atoms with Crippen LogP contribution in [0, 0.1) is 17.3 Å². The molecule has 2 aliphatic rings. The Morgan fingerprint density at radius 1 is 1.44 bits per heavy atom. The Labute approximate surface area is 111 Å². The molecule has 3 heteroatoms. The standard InChI is InChI=1S/C15H27NO2/c1-4-12-5-6-13(9-12)16-8-7-15(10-16,11(2)3)14(17)18/h11-13H,4-10H2,1-3H3,(H,17,18). The zero-order valence-corrected chi connectivity index (χ0v) is 12.0. The predicted octanol–water partition coefficient (Wildman–Crippen LogP) is 3.00. The van der Waals surface area contributed by atoms with E-state index in [9.17, 15) is 9.90 Å². The number of rotatable bonds is 4. The first kappa shape index (κ1) is 13.9. The molecule has 0 aromatic heterocycles. The summed E-state index contributed by atoms with van der Waals surface area (Å²) in [5.74, 6) is 0.502. The second-order valence-corrected chi connectivity index (χ2v) is 6.58. The predicted molar refractivity (Wildman–Crippen MR) is 72.5 cm³/mol. The van der Waals surface area contributed by atoms with E-state index in [4.69, 9.17) is 0 Å². The number of nitrogens with zero attached hydrogens (tertiary/aromatic N) is 1. The summed E-state index contributed by atoms with van der Waals surface area (Å²) in [5.41, 5.74) is -0.496. The van der Waals surface area contributed by atoms with Gasteiger partial charge < -0.3 is 5.11 Å². The summed E-state index contributed by atoms with van der Waals surface area (Å²) in [7, 11) is 0. The smallest absolute Gasteiger partial charge is 0.311 e. The second-order valence-electron chi connectivity index (χ2n) is 6.58. The van der Waals surface area contributed by atoms with Gasteiger partial charge in [0.1, 0.15) is 0 Å². The molecule has 3 nitrogen and oxygen atoms in total. The molecule has 1 N–H and O–H groups in total. The number of hydrogen-bond acceptors (Lipinski definition) is 2. The molecule has 2 fully saturated rings. The second kappa shape index (κ2) is 5.20. The highest BCUT2D eigenvalue weighted by Gasteiger charge is 2.49. The van der Waals surface area contributed by atoms with E-state index < -0.39 is 11.4 Å². The molecule has 0 aromatic rings. The summed E-state index contributed by atoms with van der Waals surface area (Å²) in [4.78, 5) is 14.1. The fourth-order valence-corrected chi connectivity index (χ4v) is 3.82. The van der Waals surface area contributed by atoms with Gasteiger partial charge in [0.2, 0.25) is 0 Å². The Balaban J connectivity index is 2.01. The van der Waals surface area contributed by atoms with Crippen LogP contribution in [0.15, 0.2) is 0 Å². The van der Waals surface area contributed by atoms with E-state index >= 15 is 0 Å². The lowest BCUT2D eigenvalue weighted by molar-refractivity contribution is -0.151. The Morgan fingerprint density at radius 3 is 2.61 bits per heavy atom. The van der Waals surface area contributed by atoms with Gasteiger partial charge in [0.25, 0.3) is 0 Å². The van der Waals surface area contributed by atoms with Crippen molar-refractivity contribution in [1.82, 2.24) is 4.90 Å². The Hall–Kier alpha value is -0.570. The van der Waals surface area contributed by atoms with Gasteiger partial charge >= 0.3 is 5.97 Å². The molecule has 0 amide bonds. The minimum Gasteiger partial charge on any atom is -0.481 e. The fourth-order valence-electron chi connectivity index (χ4n) is 3.82. The minimum absolute atomic E-state index is 0.225. The molecule has 0 radical (unpaired) electrons. The van der Waals surface area contributed by atoms with Crippen molar-refractivity contribution in [3.8, 4) is 0 Å². The minimum atomic E-state index is -0.593. The van der Waals surface area contributed by atoms with Gasteiger partial charge in [-0.25, -0.2) is 0 Å². The van der Waals surface area contributed by atoms with Crippen LogP contribution in [-0.4, -0.2) is 35.1 Å². The van der Waals surface area contributed by atoms with Crippen molar-refractivity contribution in [2.24, 2.45) is 17.3 Å². The molecule has 0 aromatic carbocycles. The van der Waals surface area contributed by atoms with Gasteiger partial charge in [0.05, 0.1) is 5.41 Å². The first-order valence-electron chi connectivity index (χ1n) is 7.47. The van der Waals surface area contributed by atoms with E-state index in [0.717, 1.165) is 25.4 Å². The molecule has 1 aliphatic heterocycles. The van der Waals surface area contributed by atoms with Crippen molar-refractivity contribution in [1.29, 1.82) is 0 Å². The quantitative estimate of drug-likeness (QED) is 0.837. The number of carboxylic acids is 1. The third-order valence-electron chi connectivity index (χ3n) is 5.47. The van der Waals surface area contributed by atoms with E-state index in [0.29, 0.717) is 6.04 Å². The molecule has 1 saturated carbocycles. The number of hydrogen-bond donors (Lipinski definition) is 1. The van der Waals surface area contributed by atoms with Crippen molar-refractivity contribution in [3.05, 3.63) is 0 Å². The van der Waals surface area contributed by atoms with Crippen LogP contribution in [0.2, 0.25) is 0 Å². The molecule has 104 valence electrons. The van der Waals surface area contributed by atoms with Crippen molar-refractivity contribution < 1.29 is 9.90 Å². The normalized spacial score (nSPS) is 37.6. The number of carboxylic acid groups (broad SMARTS) is 1. The lowest BCUT2D eigenvalue weighted by Gasteiger charge is -2.31. The first-order chi connectivity index (χ1) is 8.49. The molecule has 3 unspecified atom stereocenters. The van der Waals surface area contributed by atoms with Crippen molar-refractivity contribution in [2.45, 2.75) is 58.9 Å². The fraction of sp³-hybridized carbons (Fsp3) is 0.933. The third-order valence-corrected chi connectivity index (χ3v) is 5.47. The molecule has 0 bridgehead atoms. The molecule has 1 saturated heterocycles. The monoisotopic (exact) mass is 253 g/mol. The van der Waals surface area contributed by atoms with Crippen molar-refractivity contribution >= 4 is 5.97 Å². The van der Waals surface area contributed by atoms with Crippen molar-refractivity contribution in [3.63, 3.8) is 0 Å². The van der Waals surface area contributed by atoms with Gasteiger partial charge in [0.15, 0.2) is 0 Å². The molecule has 2 rings (SSSR count). The average Bonchev–Trinajstić information content (AvgIpc) is 2.96. The highest BCUT2D eigenvalue weighted by atomic mass is 16.4. The average molecular weight is 253 g/mol. The molecule has 1 heterocycles. The zero-order valence-electron chi connectivity index (χ0n) is 12.0. The van der Waals surface area contributed by atoms with Crippen LogP contribution in [0.4, 0.5) is 0 Å². The first-order valence-corrected chi connectivity index (χ1v) is 7.47. The van der Waals surface area contributed by atoms with Gasteiger partial charge in [-0.3, -0.25) is 9.69 Å². The van der Waals surface area contributed by atoms with Crippen LogP contribution in [0.25, 0.3) is 0 Å². The number of likely N-dealkylation sites (tertiary alicyclic amines) is 1. The Kier molecular flexibility index (Phi) is 4.00. The highest BCUT2D eigenvalue weighted by Crippen LogP contribution is 2.42. The molecular weight excluding hydrogens is 226 g/mol. The van der Waals surface area contributed by atoms with E-state index in [1.54, 1.807) is 0 Å². The Morgan fingerprint density at radius 2 is 2.17 bits per heavy atom. The largest absolute Gasteiger partial charge is 0.481 e. The molecule has 0 spiro atoms. The summed E-state index contributed by atoms with van der Waals surface area (Å²) < 4.78 is 0. The van der Waals surface area contributed by atoms with Gasteiger partial charge in [0, 0.05) is 12.6 Å². The van der Waals surface area contributed by atoms with Crippen LogP contribution in [0.3, 0.4) is 0 Å². The lowest BCUT2D eigenvalue weighted by atomic mass is 9.76. The summed E-state index contributed by atoms with van der Waals surface area (Å²) >= 11 is 0. The maximum atomic E-state index is 11.6. The van der Waals surface area contributed by atoms with Crippen LogP contribution in [0.1, 0.15) is 52.9 Å². The number of aliphatic carboxylic acids is 1. The van der Waals surface area contributed by atoms with Crippen LogP contribution < -0.4 is 0 Å². The van der Waals surface area contributed by atoms with E-state index in [1.807, 2.05) is 0 Å². The zero-order chi connectivity index (χ0) is 13.3. The highest BCUT2D eigenvalue weighted by molar-refractivity contribution is 5.75. The molecule has 3 atom stereocenters. The van der Waals surface area contributed by atoms with Gasteiger partial charge in [-0.2, -0.15) is 0 Å². The number of carbonyl (C=O) groups is 1. The third kappa shape index (κ3) is 2.29. The maximum absolute atomic E-state index is 11.6. The summed E-state index contributed by atoms with van der Waals surface area (Å²) in [6, 6.07) is 0.648. The van der Waals surface area contributed by atoms with E-state index in [2.05, 4.69) is 25.7 Å². The summed E-state index contributed by atoms with van der Waals surface area (Å²) in [6.07, 6.45) is 5.99. The van der Waals surface area contributed by atoms with Crippen molar-refractivity contribution in [2.75, 3.05) is 13.1 Å². The summed E-state index contributed by atoms with van der Waals surface area (Å²) in [5, 5.41) is 9.57. The van der Waals surface area contributed by atoms with Crippen LogP contribution in [-0.2, 0) is 4.79 Å². The topological polar surface area (TPSA) is 40.5 Å². The maximum Gasteiger partial charge on any atom is 0.311 e. The van der Waals surface area contributed by atoms with Gasteiger partial charge in [-0.15, -0.1) is 0 Å². The molecular formula is C15H27NO2. The van der Waals surface area contributed by atoms with Crippen LogP contribution in [0.5, 0.6) is 0 Å².